The molecular formula is C22H31N3O4. The molecule has 2 N–H and O–H groups in total. The number of nitrogens with zero attached hydrogens (tertiary/aromatic N) is 1. The lowest BCUT2D eigenvalue weighted by atomic mass is 10.1. The number of benzene rings is 1. The molecule has 29 heavy (non-hydrogen) atoms. The van der Waals surface area contributed by atoms with Crippen LogP contribution in [-0.2, 0) is 14.3 Å². The van der Waals surface area contributed by atoms with Gasteiger partial charge in [-0.25, -0.2) is 4.79 Å². The van der Waals surface area contributed by atoms with E-state index < -0.39 is 17.7 Å². The van der Waals surface area contributed by atoms with Crippen LogP contribution >= 0.6 is 0 Å². The first-order chi connectivity index (χ1) is 13.6. The molecule has 1 aromatic carbocycles. The molecule has 1 saturated heterocycles. The second kappa shape index (κ2) is 8.43. The standard InChI is InChI=1S/C22H31N3O4/c1-14(15-9-11-17(12-10-15)24-19(26)16-7-8-16)23-20(27)18-6-5-13-25(18)21(28)29-22(2,3)4/h9-12,14,16,18H,5-8,13H2,1-4H3,(H,23,27)(H,24,26)/t14-,18+/m0/s1. The normalized spacial score (nSPS) is 20.1. The van der Waals surface area contributed by atoms with Crippen molar-refractivity contribution in [2.24, 2.45) is 5.92 Å². The average Bonchev–Trinajstić information content (AvgIpc) is 3.37. The number of hydrogen-bond donors (Lipinski definition) is 2. The van der Waals surface area contributed by atoms with Gasteiger partial charge in [-0.2, -0.15) is 0 Å². The minimum atomic E-state index is -0.593. The van der Waals surface area contributed by atoms with E-state index in [-0.39, 0.29) is 23.8 Å². The third-order valence-electron chi connectivity index (χ3n) is 5.17. The molecule has 7 heteroatoms. The smallest absolute Gasteiger partial charge is 0.410 e. The van der Waals surface area contributed by atoms with Crippen molar-refractivity contribution >= 4 is 23.6 Å². The number of amides is 3. The molecule has 1 heterocycles. The zero-order chi connectivity index (χ0) is 21.2. The molecule has 1 aliphatic carbocycles. The van der Waals surface area contributed by atoms with E-state index in [0.29, 0.717) is 13.0 Å². The van der Waals surface area contributed by atoms with Gasteiger partial charge in [0.15, 0.2) is 0 Å². The highest BCUT2D eigenvalue weighted by molar-refractivity contribution is 5.94. The minimum Gasteiger partial charge on any atom is -0.444 e. The predicted octanol–water partition coefficient (Wildman–Crippen LogP) is 3.61. The van der Waals surface area contributed by atoms with Crippen LogP contribution in [0.1, 0.15) is 65.0 Å². The van der Waals surface area contributed by atoms with E-state index in [1.54, 1.807) is 0 Å². The summed E-state index contributed by atoms with van der Waals surface area (Å²) in [5.41, 5.74) is 1.10. The number of hydrogen-bond acceptors (Lipinski definition) is 4. The van der Waals surface area contributed by atoms with E-state index in [9.17, 15) is 14.4 Å². The fraction of sp³-hybridized carbons (Fsp3) is 0.591. The van der Waals surface area contributed by atoms with Crippen LogP contribution in [0.3, 0.4) is 0 Å². The van der Waals surface area contributed by atoms with Gasteiger partial charge in [-0.15, -0.1) is 0 Å². The summed E-state index contributed by atoms with van der Waals surface area (Å²) in [4.78, 5) is 38.6. The summed E-state index contributed by atoms with van der Waals surface area (Å²) < 4.78 is 5.43. The molecule has 3 amide bonds. The van der Waals surface area contributed by atoms with Gasteiger partial charge in [0, 0.05) is 18.2 Å². The van der Waals surface area contributed by atoms with E-state index in [1.165, 1.54) is 4.90 Å². The Morgan fingerprint density at radius 1 is 1.07 bits per heavy atom. The number of carbonyl (C=O) groups is 3. The summed E-state index contributed by atoms with van der Waals surface area (Å²) >= 11 is 0. The summed E-state index contributed by atoms with van der Waals surface area (Å²) in [7, 11) is 0. The van der Waals surface area contributed by atoms with Crippen molar-refractivity contribution in [2.75, 3.05) is 11.9 Å². The van der Waals surface area contributed by atoms with Crippen LogP contribution in [0.15, 0.2) is 24.3 Å². The molecule has 7 nitrogen and oxygen atoms in total. The largest absolute Gasteiger partial charge is 0.444 e. The first-order valence-electron chi connectivity index (χ1n) is 10.3. The monoisotopic (exact) mass is 401 g/mol. The molecule has 1 aliphatic heterocycles. The van der Waals surface area contributed by atoms with Crippen LogP contribution in [0.5, 0.6) is 0 Å². The van der Waals surface area contributed by atoms with Crippen molar-refractivity contribution in [3.63, 3.8) is 0 Å². The van der Waals surface area contributed by atoms with Gasteiger partial charge in [-0.1, -0.05) is 12.1 Å². The molecule has 158 valence electrons. The Bertz CT molecular complexity index is 765. The lowest BCUT2D eigenvalue weighted by Crippen LogP contribution is -2.48. The summed E-state index contributed by atoms with van der Waals surface area (Å²) in [5.74, 6) is 0.0572. The summed E-state index contributed by atoms with van der Waals surface area (Å²) in [6, 6.07) is 6.77. The highest BCUT2D eigenvalue weighted by Gasteiger charge is 2.37. The summed E-state index contributed by atoms with van der Waals surface area (Å²) in [6.45, 7) is 7.87. The number of rotatable bonds is 5. The first-order valence-corrected chi connectivity index (χ1v) is 10.3. The van der Waals surface area contributed by atoms with Gasteiger partial charge >= 0.3 is 6.09 Å². The molecule has 2 atom stereocenters. The molecule has 0 unspecified atom stereocenters. The van der Waals surface area contributed by atoms with Crippen molar-refractivity contribution in [1.29, 1.82) is 0 Å². The maximum Gasteiger partial charge on any atom is 0.410 e. The third-order valence-corrected chi connectivity index (χ3v) is 5.17. The molecule has 0 bridgehead atoms. The van der Waals surface area contributed by atoms with Crippen molar-refractivity contribution in [3.05, 3.63) is 29.8 Å². The maximum atomic E-state index is 12.8. The average molecular weight is 402 g/mol. The molecule has 0 aromatic heterocycles. The van der Waals surface area contributed by atoms with Crippen LogP contribution in [0.4, 0.5) is 10.5 Å². The zero-order valence-electron chi connectivity index (χ0n) is 17.7. The SMILES string of the molecule is C[C@H](NC(=O)[C@H]1CCCN1C(=O)OC(C)(C)C)c1ccc(NC(=O)C2CC2)cc1. The number of nitrogens with one attached hydrogen (secondary N) is 2. The number of carbonyl (C=O) groups excluding carboxylic acids is 3. The fourth-order valence-corrected chi connectivity index (χ4v) is 3.42. The van der Waals surface area contributed by atoms with Gasteiger partial charge < -0.3 is 15.4 Å². The zero-order valence-corrected chi connectivity index (χ0v) is 17.7. The molecule has 2 fully saturated rings. The maximum absolute atomic E-state index is 12.8. The minimum absolute atomic E-state index is 0.0718. The third kappa shape index (κ3) is 5.71. The molecule has 2 aliphatic rings. The van der Waals surface area contributed by atoms with Crippen LogP contribution < -0.4 is 10.6 Å². The van der Waals surface area contributed by atoms with Crippen molar-refractivity contribution in [2.45, 2.75) is 71.1 Å². The van der Waals surface area contributed by atoms with Crippen molar-refractivity contribution < 1.29 is 19.1 Å². The second-order valence-electron chi connectivity index (χ2n) is 8.95. The van der Waals surface area contributed by atoms with Crippen LogP contribution in [0, 0.1) is 5.92 Å². The lowest BCUT2D eigenvalue weighted by molar-refractivity contribution is -0.126. The quantitative estimate of drug-likeness (QED) is 0.789. The van der Waals surface area contributed by atoms with Gasteiger partial charge in [-0.3, -0.25) is 14.5 Å². The fourth-order valence-electron chi connectivity index (χ4n) is 3.42. The topological polar surface area (TPSA) is 87.7 Å². The molecule has 1 saturated carbocycles. The van der Waals surface area contributed by atoms with E-state index in [1.807, 2.05) is 52.0 Å². The highest BCUT2D eigenvalue weighted by Crippen LogP contribution is 2.30. The first kappa shape index (κ1) is 21.1. The molecule has 1 aromatic rings. The Kier molecular flexibility index (Phi) is 6.15. The molecule has 3 rings (SSSR count). The Hall–Kier alpha value is -2.57. The number of ether oxygens (including phenoxy) is 1. The van der Waals surface area contributed by atoms with Gasteiger partial charge in [0.2, 0.25) is 11.8 Å². The Morgan fingerprint density at radius 2 is 1.72 bits per heavy atom. The van der Waals surface area contributed by atoms with Gasteiger partial charge in [0.25, 0.3) is 0 Å². The Morgan fingerprint density at radius 3 is 2.31 bits per heavy atom. The molecule has 0 radical (unpaired) electrons. The Labute approximate surface area is 172 Å². The van der Waals surface area contributed by atoms with E-state index in [0.717, 1.165) is 30.5 Å². The van der Waals surface area contributed by atoms with Gasteiger partial charge in [0.1, 0.15) is 11.6 Å². The Balaban J connectivity index is 1.56. The van der Waals surface area contributed by atoms with E-state index in [4.69, 9.17) is 4.74 Å². The second-order valence-corrected chi connectivity index (χ2v) is 8.95. The summed E-state index contributed by atoms with van der Waals surface area (Å²) in [5, 5.41) is 5.91. The lowest BCUT2D eigenvalue weighted by Gasteiger charge is -2.28. The molecule has 0 spiro atoms. The van der Waals surface area contributed by atoms with Crippen LogP contribution in [-0.4, -0.2) is 41.0 Å². The van der Waals surface area contributed by atoms with Gasteiger partial charge in [0.05, 0.1) is 6.04 Å². The predicted molar refractivity (Wildman–Crippen MR) is 110 cm³/mol. The highest BCUT2D eigenvalue weighted by atomic mass is 16.6. The summed E-state index contributed by atoms with van der Waals surface area (Å²) in [6.07, 6.45) is 2.90. The number of likely N-dealkylation sites (tertiary alicyclic amines) is 1. The molecular weight excluding hydrogens is 370 g/mol. The number of anilines is 1. The van der Waals surface area contributed by atoms with Crippen molar-refractivity contribution in [1.82, 2.24) is 10.2 Å². The van der Waals surface area contributed by atoms with Crippen LogP contribution in [0.25, 0.3) is 0 Å². The van der Waals surface area contributed by atoms with E-state index >= 15 is 0 Å². The van der Waals surface area contributed by atoms with E-state index in [2.05, 4.69) is 10.6 Å². The van der Waals surface area contributed by atoms with Crippen LogP contribution in [0.2, 0.25) is 0 Å². The van der Waals surface area contributed by atoms with Crippen molar-refractivity contribution in [3.8, 4) is 0 Å². The van der Waals surface area contributed by atoms with Gasteiger partial charge in [-0.05, 0) is 71.1 Å².